The first-order valence-corrected chi connectivity index (χ1v) is 9.24. The van der Waals surface area contributed by atoms with Crippen molar-refractivity contribution in [3.8, 4) is 0 Å². The number of hydroxylamine groups is 1. The second-order valence-corrected chi connectivity index (χ2v) is 7.58. The molecule has 0 radical (unpaired) electrons. The molecule has 1 aliphatic rings. The van der Waals surface area contributed by atoms with E-state index in [4.69, 9.17) is 39.6 Å². The molecular formula is C18H9Cl3F6N2O2. The lowest BCUT2D eigenvalue weighted by Gasteiger charge is -2.28. The van der Waals surface area contributed by atoms with Crippen LogP contribution in [0.15, 0.2) is 42.5 Å². The summed E-state index contributed by atoms with van der Waals surface area (Å²) in [6.07, 6.45) is -9.49. The molecule has 2 aromatic carbocycles. The lowest BCUT2D eigenvalue weighted by Crippen LogP contribution is -2.42. The van der Waals surface area contributed by atoms with Crippen molar-refractivity contribution < 1.29 is 36.0 Å². The van der Waals surface area contributed by atoms with Gasteiger partial charge in [-0.2, -0.15) is 26.3 Å². The highest BCUT2D eigenvalue weighted by molar-refractivity contribution is 6.35. The van der Waals surface area contributed by atoms with E-state index in [-0.39, 0.29) is 26.3 Å². The van der Waals surface area contributed by atoms with E-state index >= 15 is 0 Å². The number of halogens is 9. The van der Waals surface area contributed by atoms with Crippen molar-refractivity contribution >= 4 is 52.1 Å². The van der Waals surface area contributed by atoms with E-state index in [9.17, 15) is 31.1 Å². The van der Waals surface area contributed by atoms with Crippen molar-refractivity contribution in [2.24, 2.45) is 0 Å². The van der Waals surface area contributed by atoms with E-state index in [0.29, 0.717) is 6.08 Å². The van der Waals surface area contributed by atoms with Crippen molar-refractivity contribution in [3.63, 3.8) is 0 Å². The molecule has 166 valence electrons. The first-order valence-electron chi connectivity index (χ1n) is 8.11. The summed E-state index contributed by atoms with van der Waals surface area (Å²) in [5.41, 5.74) is -2.05. The first kappa shape index (κ1) is 23.5. The number of carbonyl (C=O) groups excluding carboxylic acids is 1. The number of benzene rings is 2. The monoisotopic (exact) mass is 504 g/mol. The van der Waals surface area contributed by atoms with Gasteiger partial charge in [0.05, 0.1) is 16.4 Å². The van der Waals surface area contributed by atoms with Gasteiger partial charge in [0, 0.05) is 21.2 Å². The molecule has 0 saturated heterocycles. The fourth-order valence-corrected chi connectivity index (χ4v) is 3.43. The van der Waals surface area contributed by atoms with Crippen LogP contribution in [0.3, 0.4) is 0 Å². The number of anilines is 1. The normalized spacial score (nSPS) is 19.1. The zero-order valence-electron chi connectivity index (χ0n) is 14.8. The summed E-state index contributed by atoms with van der Waals surface area (Å²) in [5, 5.41) is 1.16. The molecule has 3 rings (SSSR count). The molecule has 0 bridgehead atoms. The van der Waals surface area contributed by atoms with Crippen LogP contribution in [0.5, 0.6) is 0 Å². The summed E-state index contributed by atoms with van der Waals surface area (Å²) in [5.74, 6) is -2.30. The highest BCUT2D eigenvalue weighted by Gasteiger charge is 2.59. The van der Waals surface area contributed by atoms with Gasteiger partial charge in [0.25, 0.3) is 0 Å². The zero-order valence-corrected chi connectivity index (χ0v) is 17.0. The molecule has 4 nitrogen and oxygen atoms in total. The van der Waals surface area contributed by atoms with E-state index in [1.807, 2.05) is 0 Å². The van der Waals surface area contributed by atoms with Crippen molar-refractivity contribution in [2.45, 2.75) is 18.0 Å². The fraction of sp³-hybridized carbons (Fsp3) is 0.167. The van der Waals surface area contributed by atoms with Gasteiger partial charge in [-0.1, -0.05) is 40.9 Å². The first-order chi connectivity index (χ1) is 14.2. The molecule has 2 N–H and O–H groups in total. The zero-order chi connectivity index (χ0) is 23.2. The topological polar surface area (TPSA) is 50.4 Å². The Morgan fingerprint density at radius 1 is 0.968 bits per heavy atom. The molecule has 13 heteroatoms. The van der Waals surface area contributed by atoms with E-state index in [1.54, 1.807) is 5.32 Å². The van der Waals surface area contributed by atoms with Crippen LogP contribution >= 0.6 is 34.8 Å². The van der Waals surface area contributed by atoms with Gasteiger partial charge in [-0.25, -0.2) is 0 Å². The van der Waals surface area contributed by atoms with E-state index in [1.165, 1.54) is 12.1 Å². The van der Waals surface area contributed by atoms with Crippen LogP contribution in [-0.4, -0.2) is 18.3 Å². The minimum absolute atomic E-state index is 0.0406. The highest BCUT2D eigenvalue weighted by Crippen LogP contribution is 2.48. The highest BCUT2D eigenvalue weighted by atomic mass is 35.5. The summed E-state index contributed by atoms with van der Waals surface area (Å²) >= 11 is 17.4. The molecule has 1 unspecified atom stereocenters. The standard InChI is InChI=1S/C18H9Cl3F6N2O2/c19-10-4-9(5-11(20)6-10)16(18(25,26)27)7-14(29-31-16)8-1-2-12(21)13(3-8)28-15(30)17(22,23)24/h1-7,29H,(H,28,30). The van der Waals surface area contributed by atoms with Crippen LogP contribution in [0.4, 0.5) is 32.0 Å². The van der Waals surface area contributed by atoms with Crippen LogP contribution in [0.25, 0.3) is 5.70 Å². The van der Waals surface area contributed by atoms with Crippen molar-refractivity contribution in [1.29, 1.82) is 0 Å². The second kappa shape index (κ2) is 8.09. The maximum absolute atomic E-state index is 14.0. The quantitative estimate of drug-likeness (QED) is 0.470. The lowest BCUT2D eigenvalue weighted by molar-refractivity contribution is -0.269. The van der Waals surface area contributed by atoms with E-state index < -0.39 is 35.1 Å². The van der Waals surface area contributed by atoms with Crippen molar-refractivity contribution in [3.05, 3.63) is 68.7 Å². The average Bonchev–Trinajstić information content (AvgIpc) is 3.08. The number of alkyl halides is 6. The maximum atomic E-state index is 14.0. The number of hydrogen-bond donors (Lipinski definition) is 2. The molecular weight excluding hydrogens is 497 g/mol. The van der Waals surface area contributed by atoms with Gasteiger partial charge in [-0.3, -0.25) is 15.1 Å². The van der Waals surface area contributed by atoms with Gasteiger partial charge < -0.3 is 5.32 Å². The number of hydrogen-bond acceptors (Lipinski definition) is 3. The third-order valence-corrected chi connectivity index (χ3v) is 4.93. The predicted molar refractivity (Wildman–Crippen MR) is 103 cm³/mol. The summed E-state index contributed by atoms with van der Waals surface area (Å²) in [6, 6.07) is 6.56. The van der Waals surface area contributed by atoms with Crippen molar-refractivity contribution in [1.82, 2.24) is 5.48 Å². The fourth-order valence-electron chi connectivity index (χ4n) is 2.74. The molecule has 0 saturated carbocycles. The van der Waals surface area contributed by atoms with Gasteiger partial charge in [-0.15, -0.1) is 0 Å². The molecule has 31 heavy (non-hydrogen) atoms. The molecule has 1 atom stereocenters. The third kappa shape index (κ3) is 4.72. The predicted octanol–water partition coefficient (Wildman–Crippen LogP) is 6.48. The Balaban J connectivity index is 2.06. The molecule has 0 fully saturated rings. The number of nitrogens with one attached hydrogen (secondary N) is 2. The molecule has 1 heterocycles. The minimum Gasteiger partial charge on any atom is -0.317 e. The van der Waals surface area contributed by atoms with E-state index in [2.05, 4.69) is 5.48 Å². The van der Waals surface area contributed by atoms with Gasteiger partial charge in [0.15, 0.2) is 0 Å². The van der Waals surface area contributed by atoms with Crippen LogP contribution < -0.4 is 10.8 Å². The smallest absolute Gasteiger partial charge is 0.317 e. The van der Waals surface area contributed by atoms with E-state index in [0.717, 1.165) is 24.3 Å². The summed E-state index contributed by atoms with van der Waals surface area (Å²) < 4.78 is 79.5. The number of rotatable bonds is 3. The second-order valence-electron chi connectivity index (χ2n) is 6.30. The average molecular weight is 506 g/mol. The van der Waals surface area contributed by atoms with Gasteiger partial charge in [-0.05, 0) is 36.4 Å². The Labute approximate surface area is 185 Å². The maximum Gasteiger partial charge on any atom is 0.471 e. The van der Waals surface area contributed by atoms with Gasteiger partial charge in [0.1, 0.15) is 0 Å². The Bertz CT molecular complexity index is 1050. The molecule has 1 amide bonds. The van der Waals surface area contributed by atoms with Crippen LogP contribution in [0.1, 0.15) is 11.1 Å². The van der Waals surface area contributed by atoms with Crippen molar-refractivity contribution in [2.75, 3.05) is 5.32 Å². The number of amides is 1. The summed E-state index contributed by atoms with van der Waals surface area (Å²) in [7, 11) is 0. The van der Waals surface area contributed by atoms with Crippen LogP contribution in [0.2, 0.25) is 15.1 Å². The van der Waals surface area contributed by atoms with Crippen LogP contribution in [-0.2, 0) is 15.2 Å². The minimum atomic E-state index is -5.19. The SMILES string of the molecule is O=C(Nc1cc(C2=CC(c3cc(Cl)cc(Cl)c3)(C(F)(F)F)ON2)ccc1Cl)C(F)(F)F. The molecule has 0 aromatic heterocycles. The Kier molecular flexibility index (Phi) is 6.13. The Hall–Kier alpha value is -2.14. The summed E-state index contributed by atoms with van der Waals surface area (Å²) in [6.45, 7) is 0. The van der Waals surface area contributed by atoms with Gasteiger partial charge >= 0.3 is 18.3 Å². The molecule has 1 aliphatic heterocycles. The Morgan fingerprint density at radius 2 is 1.58 bits per heavy atom. The van der Waals surface area contributed by atoms with Gasteiger partial charge in [0.2, 0.25) is 5.60 Å². The summed E-state index contributed by atoms with van der Waals surface area (Å²) in [4.78, 5) is 16.1. The third-order valence-electron chi connectivity index (χ3n) is 4.17. The lowest BCUT2D eigenvalue weighted by atomic mass is 9.91. The molecule has 0 aliphatic carbocycles. The molecule has 0 spiro atoms. The number of carbonyl (C=O) groups is 1. The van der Waals surface area contributed by atoms with Crippen LogP contribution in [0, 0.1) is 0 Å². The largest absolute Gasteiger partial charge is 0.471 e. The molecule has 2 aromatic rings. The Morgan fingerprint density at radius 3 is 2.13 bits per heavy atom.